The molecule has 2 rings (SSSR count). The van der Waals surface area contributed by atoms with Crippen LogP contribution < -0.4 is 15.2 Å². The average Bonchev–Trinajstić information content (AvgIpc) is 2.47. The summed E-state index contributed by atoms with van der Waals surface area (Å²) in [7, 11) is 1.53. The zero-order valence-electron chi connectivity index (χ0n) is 10.9. The number of methoxy groups -OCH3 is 1. The lowest BCUT2D eigenvalue weighted by atomic mass is 10.1. The molecule has 20 heavy (non-hydrogen) atoms. The number of hydrogen-bond acceptors (Lipinski definition) is 4. The zero-order chi connectivity index (χ0) is 14.5. The SMILES string of the molecule is COc1ccc(COc2cc(N)ccc2Cl)cc1C#N. The van der Waals surface area contributed by atoms with Crippen LogP contribution >= 0.6 is 11.6 Å². The van der Waals surface area contributed by atoms with E-state index in [1.165, 1.54) is 7.11 Å². The minimum Gasteiger partial charge on any atom is -0.495 e. The van der Waals surface area contributed by atoms with Crippen molar-refractivity contribution in [1.82, 2.24) is 0 Å². The molecular weight excluding hydrogens is 276 g/mol. The van der Waals surface area contributed by atoms with Gasteiger partial charge in [0.2, 0.25) is 0 Å². The highest BCUT2D eigenvalue weighted by molar-refractivity contribution is 6.32. The van der Waals surface area contributed by atoms with Crippen LogP contribution in [0.3, 0.4) is 0 Å². The third-order valence-corrected chi connectivity index (χ3v) is 3.05. The van der Waals surface area contributed by atoms with Crippen molar-refractivity contribution >= 4 is 17.3 Å². The number of nitrogen functional groups attached to an aromatic ring is 1. The Morgan fingerprint density at radius 1 is 1.20 bits per heavy atom. The van der Waals surface area contributed by atoms with Gasteiger partial charge in [0.05, 0.1) is 17.7 Å². The van der Waals surface area contributed by atoms with E-state index >= 15 is 0 Å². The number of nitrogens with zero attached hydrogens (tertiary/aromatic N) is 1. The number of hydrogen-bond donors (Lipinski definition) is 1. The monoisotopic (exact) mass is 288 g/mol. The van der Waals surface area contributed by atoms with Crippen molar-refractivity contribution in [2.24, 2.45) is 0 Å². The van der Waals surface area contributed by atoms with E-state index < -0.39 is 0 Å². The Bertz CT molecular complexity index is 665. The molecule has 0 unspecified atom stereocenters. The molecule has 0 fully saturated rings. The van der Waals surface area contributed by atoms with Gasteiger partial charge in [0, 0.05) is 11.8 Å². The molecule has 2 aromatic rings. The van der Waals surface area contributed by atoms with Crippen LogP contribution in [0.15, 0.2) is 36.4 Å². The molecule has 2 N–H and O–H groups in total. The fraction of sp³-hybridized carbons (Fsp3) is 0.133. The molecule has 0 amide bonds. The van der Waals surface area contributed by atoms with Crippen molar-refractivity contribution < 1.29 is 9.47 Å². The first-order valence-electron chi connectivity index (χ1n) is 5.89. The smallest absolute Gasteiger partial charge is 0.140 e. The molecule has 0 atom stereocenters. The van der Waals surface area contributed by atoms with Crippen molar-refractivity contribution in [1.29, 1.82) is 5.26 Å². The van der Waals surface area contributed by atoms with Crippen molar-refractivity contribution in [2.45, 2.75) is 6.61 Å². The summed E-state index contributed by atoms with van der Waals surface area (Å²) in [5, 5.41) is 9.53. The fourth-order valence-electron chi connectivity index (χ4n) is 1.72. The Morgan fingerprint density at radius 2 is 2.00 bits per heavy atom. The first kappa shape index (κ1) is 14.0. The molecule has 102 valence electrons. The summed E-state index contributed by atoms with van der Waals surface area (Å²) in [6, 6.07) is 12.4. The van der Waals surface area contributed by atoms with Gasteiger partial charge in [0.15, 0.2) is 0 Å². The van der Waals surface area contributed by atoms with E-state index in [0.717, 1.165) is 5.56 Å². The topological polar surface area (TPSA) is 68.3 Å². The van der Waals surface area contributed by atoms with E-state index in [2.05, 4.69) is 6.07 Å². The van der Waals surface area contributed by atoms with E-state index in [9.17, 15) is 0 Å². The maximum absolute atomic E-state index is 9.03. The van der Waals surface area contributed by atoms with Gasteiger partial charge in [-0.3, -0.25) is 0 Å². The zero-order valence-corrected chi connectivity index (χ0v) is 11.6. The van der Waals surface area contributed by atoms with Gasteiger partial charge in [-0.15, -0.1) is 0 Å². The standard InChI is InChI=1S/C15H13ClN2O2/c1-19-14-5-2-10(6-11(14)8-17)9-20-15-7-12(18)3-4-13(15)16/h2-7H,9,18H2,1H3. The second-order valence-electron chi connectivity index (χ2n) is 4.12. The fourth-order valence-corrected chi connectivity index (χ4v) is 1.90. The highest BCUT2D eigenvalue weighted by Gasteiger charge is 2.06. The van der Waals surface area contributed by atoms with Crippen LogP contribution in [0.5, 0.6) is 11.5 Å². The van der Waals surface area contributed by atoms with Gasteiger partial charge in [-0.05, 0) is 29.8 Å². The number of rotatable bonds is 4. The molecule has 0 saturated carbocycles. The number of halogens is 1. The molecule has 4 nitrogen and oxygen atoms in total. The number of nitrogens with two attached hydrogens (primary N) is 1. The normalized spacial score (nSPS) is 9.85. The minimum atomic E-state index is 0.293. The highest BCUT2D eigenvalue weighted by atomic mass is 35.5. The molecule has 0 bridgehead atoms. The van der Waals surface area contributed by atoms with Crippen LogP contribution in [0, 0.1) is 11.3 Å². The van der Waals surface area contributed by atoms with Crippen LogP contribution in [-0.4, -0.2) is 7.11 Å². The number of ether oxygens (including phenoxy) is 2. The third-order valence-electron chi connectivity index (χ3n) is 2.73. The maximum atomic E-state index is 9.03. The summed E-state index contributed by atoms with van der Waals surface area (Å²) >= 11 is 6.02. The van der Waals surface area contributed by atoms with E-state index in [4.69, 9.17) is 32.1 Å². The van der Waals surface area contributed by atoms with Crippen molar-refractivity contribution in [3.05, 3.63) is 52.5 Å². The summed E-state index contributed by atoms with van der Waals surface area (Å²) in [6.07, 6.45) is 0. The van der Waals surface area contributed by atoms with Crippen LogP contribution in [0.1, 0.15) is 11.1 Å². The Labute approximate surface area is 122 Å². The molecule has 0 aromatic heterocycles. The first-order chi connectivity index (χ1) is 9.63. The van der Waals surface area contributed by atoms with Crippen LogP contribution in [0.2, 0.25) is 5.02 Å². The van der Waals surface area contributed by atoms with Crippen LogP contribution in [0.25, 0.3) is 0 Å². The highest BCUT2D eigenvalue weighted by Crippen LogP contribution is 2.28. The van der Waals surface area contributed by atoms with Crippen molar-refractivity contribution in [3.8, 4) is 17.6 Å². The number of nitriles is 1. The van der Waals surface area contributed by atoms with E-state index in [0.29, 0.717) is 34.4 Å². The molecule has 2 aromatic carbocycles. The minimum absolute atomic E-state index is 0.293. The molecule has 5 heteroatoms. The van der Waals surface area contributed by atoms with Gasteiger partial charge in [0.25, 0.3) is 0 Å². The van der Waals surface area contributed by atoms with Gasteiger partial charge in [0.1, 0.15) is 24.2 Å². The quantitative estimate of drug-likeness (QED) is 0.876. The van der Waals surface area contributed by atoms with E-state index in [1.807, 2.05) is 6.07 Å². The first-order valence-corrected chi connectivity index (χ1v) is 6.26. The molecule has 0 aliphatic heterocycles. The van der Waals surface area contributed by atoms with Gasteiger partial charge >= 0.3 is 0 Å². The molecule has 0 saturated heterocycles. The van der Waals surface area contributed by atoms with Gasteiger partial charge in [-0.25, -0.2) is 0 Å². The Hall–Kier alpha value is -2.38. The number of benzene rings is 2. The third kappa shape index (κ3) is 3.14. The molecular formula is C15H13ClN2O2. The summed E-state index contributed by atoms with van der Waals surface area (Å²) in [5.41, 5.74) is 7.58. The van der Waals surface area contributed by atoms with E-state index in [-0.39, 0.29) is 0 Å². The number of anilines is 1. The lowest BCUT2D eigenvalue weighted by Crippen LogP contribution is -1.98. The van der Waals surface area contributed by atoms with Gasteiger partial charge < -0.3 is 15.2 Å². The second kappa shape index (κ2) is 6.18. The predicted molar refractivity (Wildman–Crippen MR) is 77.9 cm³/mol. The molecule has 0 radical (unpaired) electrons. The second-order valence-corrected chi connectivity index (χ2v) is 4.53. The lowest BCUT2D eigenvalue weighted by molar-refractivity contribution is 0.306. The average molecular weight is 289 g/mol. The predicted octanol–water partition coefficient (Wildman–Crippen LogP) is 3.38. The Morgan fingerprint density at radius 3 is 2.70 bits per heavy atom. The largest absolute Gasteiger partial charge is 0.495 e. The summed E-state index contributed by atoms with van der Waals surface area (Å²) in [4.78, 5) is 0. The summed E-state index contributed by atoms with van der Waals surface area (Å²) in [5.74, 6) is 1.05. The molecule has 0 heterocycles. The Kier molecular flexibility index (Phi) is 4.34. The molecule has 0 aliphatic carbocycles. The molecule has 0 spiro atoms. The van der Waals surface area contributed by atoms with Crippen LogP contribution in [0.4, 0.5) is 5.69 Å². The summed E-state index contributed by atoms with van der Waals surface area (Å²) < 4.78 is 10.7. The van der Waals surface area contributed by atoms with Crippen LogP contribution in [-0.2, 0) is 6.61 Å². The summed E-state index contributed by atoms with van der Waals surface area (Å²) in [6.45, 7) is 0.293. The van der Waals surface area contributed by atoms with Crippen molar-refractivity contribution in [3.63, 3.8) is 0 Å². The maximum Gasteiger partial charge on any atom is 0.140 e. The Balaban J connectivity index is 2.15. The van der Waals surface area contributed by atoms with Gasteiger partial charge in [-0.2, -0.15) is 5.26 Å². The van der Waals surface area contributed by atoms with E-state index in [1.54, 1.807) is 30.3 Å². The van der Waals surface area contributed by atoms with Gasteiger partial charge in [-0.1, -0.05) is 17.7 Å². The van der Waals surface area contributed by atoms with Crippen molar-refractivity contribution in [2.75, 3.05) is 12.8 Å². The molecule has 0 aliphatic rings. The lowest BCUT2D eigenvalue weighted by Gasteiger charge is -2.10.